The van der Waals surface area contributed by atoms with Crippen LogP contribution in [0.1, 0.15) is 68.6 Å². The van der Waals surface area contributed by atoms with Crippen molar-refractivity contribution in [2.75, 3.05) is 13.2 Å². The second-order valence-corrected chi connectivity index (χ2v) is 11.6. The predicted octanol–water partition coefficient (Wildman–Crippen LogP) is 6.79. The first-order valence-corrected chi connectivity index (χ1v) is 14.3. The zero-order valence-corrected chi connectivity index (χ0v) is 22.6. The molecule has 0 aliphatic heterocycles. The average Bonchev–Trinajstić information content (AvgIpc) is 3.54. The molecule has 2 aromatic rings. The Labute approximate surface area is 210 Å². The fourth-order valence-corrected chi connectivity index (χ4v) is 6.04. The van der Waals surface area contributed by atoms with E-state index < -0.39 is 31.4 Å². The Bertz CT molecular complexity index is 1070. The monoisotopic (exact) mass is 527 g/mol. The van der Waals surface area contributed by atoms with Gasteiger partial charge in [-0.3, -0.25) is 9.36 Å². The van der Waals surface area contributed by atoms with Crippen LogP contribution in [-0.2, 0) is 23.4 Å². The van der Waals surface area contributed by atoms with Crippen LogP contribution in [0.5, 0.6) is 0 Å². The lowest BCUT2D eigenvalue weighted by molar-refractivity contribution is -0.146. The van der Waals surface area contributed by atoms with Gasteiger partial charge < -0.3 is 14.0 Å². The van der Waals surface area contributed by atoms with Gasteiger partial charge in [0.2, 0.25) is 5.91 Å². The summed E-state index contributed by atoms with van der Waals surface area (Å²) in [7, 11) is -4.11. The van der Waals surface area contributed by atoms with Crippen LogP contribution in [0.25, 0.3) is 10.1 Å². The molecule has 1 aromatic carbocycles. The van der Waals surface area contributed by atoms with E-state index in [9.17, 15) is 14.2 Å². The Morgan fingerprint density at radius 2 is 1.91 bits per heavy atom. The summed E-state index contributed by atoms with van der Waals surface area (Å²) in [6, 6.07) is 5.30. The highest BCUT2D eigenvalue weighted by atomic mass is 32.1. The molecule has 7 nitrogen and oxygen atoms in total. The zero-order valence-electron chi connectivity index (χ0n) is 20.9. The van der Waals surface area contributed by atoms with Crippen LogP contribution >= 0.6 is 18.9 Å². The molecule has 1 aliphatic carbocycles. The molecule has 0 bridgehead atoms. The molecule has 0 amide bonds. The standard InChI is InChI=1S/C23H29FNO6PS.C2H6/c1-5-10-29-23(27)20-12-17-11-16(6-9-19(17)33-20)21(24)32(28,31-18-7-8-18)25-15(4)22(26)30-13-14(2)3;1-2/h5-6,9,11-12,14-15,18,21H,1,7-8,10,13H2,2-4H3,(H,25,28);1-2H3. The largest absolute Gasteiger partial charge is 0.464 e. The summed E-state index contributed by atoms with van der Waals surface area (Å²) in [6.07, 6.45) is 2.53. The molecule has 1 aromatic heterocycles. The van der Waals surface area contributed by atoms with E-state index in [0.29, 0.717) is 23.1 Å². The van der Waals surface area contributed by atoms with Gasteiger partial charge in [-0.25, -0.2) is 14.3 Å². The van der Waals surface area contributed by atoms with Gasteiger partial charge in [0.25, 0.3) is 0 Å². The summed E-state index contributed by atoms with van der Waals surface area (Å²) in [6.45, 7) is 13.1. The predicted molar refractivity (Wildman–Crippen MR) is 138 cm³/mol. The quantitative estimate of drug-likeness (QED) is 0.185. The minimum absolute atomic E-state index is 0.0933. The van der Waals surface area contributed by atoms with Crippen molar-refractivity contribution < 1.29 is 32.5 Å². The third-order valence-corrected chi connectivity index (χ3v) is 8.11. The number of thiophene rings is 1. The summed E-state index contributed by atoms with van der Waals surface area (Å²) in [5.74, 6) is -2.97. The Balaban J connectivity index is 0.00000210. The normalized spacial score (nSPS) is 16.5. The molecule has 3 rings (SSSR count). The van der Waals surface area contributed by atoms with Gasteiger partial charge in [0.15, 0.2) is 0 Å². The van der Waals surface area contributed by atoms with Crippen molar-refractivity contribution in [3.8, 4) is 0 Å². The molecule has 10 heteroatoms. The summed E-state index contributed by atoms with van der Waals surface area (Å²) in [5, 5.41) is 3.20. The molecule has 0 spiro atoms. The molecule has 3 atom stereocenters. The minimum Gasteiger partial charge on any atom is -0.464 e. The molecule has 1 N–H and O–H groups in total. The van der Waals surface area contributed by atoms with E-state index in [1.807, 2.05) is 27.7 Å². The van der Waals surface area contributed by atoms with Crippen molar-refractivity contribution in [1.29, 1.82) is 0 Å². The summed E-state index contributed by atoms with van der Waals surface area (Å²) < 4.78 is 45.8. The number of rotatable bonds is 12. The molecular weight excluding hydrogens is 492 g/mol. The van der Waals surface area contributed by atoms with E-state index in [4.69, 9.17) is 14.0 Å². The molecule has 194 valence electrons. The Morgan fingerprint density at radius 1 is 1.23 bits per heavy atom. The van der Waals surface area contributed by atoms with Crippen molar-refractivity contribution in [3.05, 3.63) is 47.4 Å². The highest BCUT2D eigenvalue weighted by Gasteiger charge is 2.43. The number of carbonyl (C=O) groups excluding carboxylic acids is 2. The summed E-state index contributed by atoms with van der Waals surface area (Å²) >= 11 is 1.22. The highest BCUT2D eigenvalue weighted by molar-refractivity contribution is 7.57. The van der Waals surface area contributed by atoms with Crippen LogP contribution in [0.3, 0.4) is 0 Å². The number of esters is 2. The van der Waals surface area contributed by atoms with Crippen molar-refractivity contribution in [2.24, 2.45) is 5.92 Å². The highest BCUT2D eigenvalue weighted by Crippen LogP contribution is 2.61. The van der Waals surface area contributed by atoms with Crippen molar-refractivity contribution >= 4 is 40.9 Å². The Hall–Kier alpha value is -2.06. The van der Waals surface area contributed by atoms with Crippen LogP contribution < -0.4 is 5.09 Å². The zero-order chi connectivity index (χ0) is 26.2. The second-order valence-electron chi connectivity index (χ2n) is 8.41. The van der Waals surface area contributed by atoms with E-state index in [1.54, 1.807) is 12.1 Å². The third-order valence-electron chi connectivity index (χ3n) is 4.76. The van der Waals surface area contributed by atoms with Crippen molar-refractivity contribution in [1.82, 2.24) is 5.09 Å². The molecule has 1 aliphatic rings. The van der Waals surface area contributed by atoms with Crippen LogP contribution in [0.2, 0.25) is 0 Å². The van der Waals surface area contributed by atoms with E-state index in [2.05, 4.69) is 11.7 Å². The molecule has 1 heterocycles. The fourth-order valence-electron chi connectivity index (χ4n) is 2.95. The van der Waals surface area contributed by atoms with Gasteiger partial charge >= 0.3 is 19.5 Å². The number of hydrogen-bond donors (Lipinski definition) is 1. The molecule has 35 heavy (non-hydrogen) atoms. The lowest BCUT2D eigenvalue weighted by Gasteiger charge is -2.26. The van der Waals surface area contributed by atoms with E-state index in [1.165, 1.54) is 36.5 Å². The van der Waals surface area contributed by atoms with Gasteiger partial charge in [-0.05, 0) is 54.8 Å². The maximum Gasteiger partial charge on any atom is 0.348 e. The first-order valence-electron chi connectivity index (χ1n) is 11.8. The van der Waals surface area contributed by atoms with Crippen LogP contribution in [-0.4, -0.2) is 37.3 Å². The molecule has 0 radical (unpaired) electrons. The van der Waals surface area contributed by atoms with Gasteiger partial charge in [0.1, 0.15) is 17.5 Å². The molecule has 0 saturated heterocycles. The first-order chi connectivity index (χ1) is 16.6. The van der Waals surface area contributed by atoms with Gasteiger partial charge in [-0.15, -0.1) is 11.3 Å². The number of carbonyl (C=O) groups is 2. The molecule has 3 unspecified atom stereocenters. The Kier molecular flexibility index (Phi) is 11.1. The molecule has 1 saturated carbocycles. The summed E-state index contributed by atoms with van der Waals surface area (Å²) in [5.41, 5.74) is 0.130. The first kappa shape index (κ1) is 29.2. The second kappa shape index (κ2) is 13.3. The Morgan fingerprint density at radius 3 is 2.51 bits per heavy atom. The summed E-state index contributed by atoms with van der Waals surface area (Å²) in [4.78, 5) is 24.7. The smallest absolute Gasteiger partial charge is 0.348 e. The topological polar surface area (TPSA) is 90.9 Å². The number of nitrogens with one attached hydrogen (secondary N) is 1. The number of ether oxygens (including phenoxy) is 2. The number of fused-ring (bicyclic) bond motifs is 1. The number of halogens is 1. The lowest BCUT2D eigenvalue weighted by atomic mass is 10.2. The van der Waals surface area contributed by atoms with Crippen LogP contribution in [0, 0.1) is 5.92 Å². The fraction of sp³-hybridized carbons (Fsp3) is 0.520. The SMILES string of the molecule is C=CCOC(=O)c1cc2cc(C(F)P(=O)(NC(C)C(=O)OCC(C)C)OC3CC3)ccc2s1.CC. The maximum atomic E-state index is 15.7. The number of benzene rings is 1. The third kappa shape index (κ3) is 8.24. The number of alkyl halides is 1. The van der Waals surface area contributed by atoms with Crippen molar-refractivity contribution in [3.63, 3.8) is 0 Å². The lowest BCUT2D eigenvalue weighted by Crippen LogP contribution is -2.35. The number of hydrogen-bond acceptors (Lipinski definition) is 7. The molecular formula is C25H35FNO6PS. The average molecular weight is 528 g/mol. The molecule has 1 fully saturated rings. The van der Waals surface area contributed by atoms with Gasteiger partial charge in [0.05, 0.1) is 12.7 Å². The van der Waals surface area contributed by atoms with Crippen LogP contribution in [0.4, 0.5) is 4.39 Å². The van der Waals surface area contributed by atoms with Gasteiger partial charge in [-0.1, -0.05) is 46.4 Å². The van der Waals surface area contributed by atoms with Gasteiger partial charge in [0, 0.05) is 4.70 Å². The van der Waals surface area contributed by atoms with E-state index in [0.717, 1.165) is 4.70 Å². The van der Waals surface area contributed by atoms with Gasteiger partial charge in [-0.2, -0.15) is 0 Å². The maximum absolute atomic E-state index is 15.7. The van der Waals surface area contributed by atoms with E-state index in [-0.39, 0.29) is 30.8 Å². The minimum atomic E-state index is -4.11. The van der Waals surface area contributed by atoms with Crippen LogP contribution in [0.15, 0.2) is 36.9 Å². The van der Waals surface area contributed by atoms with E-state index >= 15 is 4.39 Å². The van der Waals surface area contributed by atoms with Crippen molar-refractivity contribution in [2.45, 2.75) is 65.5 Å².